The lowest BCUT2D eigenvalue weighted by Gasteiger charge is -2.20. The minimum absolute atomic E-state index is 0.315. The molecule has 1 atom stereocenters. The van der Waals surface area contributed by atoms with Crippen LogP contribution >= 0.6 is 0 Å². The number of ether oxygens (including phenoxy) is 1. The molecule has 96 valence electrons. The number of carbonyl (C=O) groups excluding carboxylic acids is 1. The summed E-state index contributed by atoms with van der Waals surface area (Å²) in [6.07, 6.45) is 0.819. The van der Waals surface area contributed by atoms with Gasteiger partial charge in [-0.25, -0.2) is 4.79 Å². The molecule has 1 aliphatic rings. The van der Waals surface area contributed by atoms with E-state index in [1.807, 2.05) is 34.6 Å². The Labute approximate surface area is 99.1 Å². The van der Waals surface area contributed by atoms with Gasteiger partial charge in [0.1, 0.15) is 5.60 Å². The van der Waals surface area contributed by atoms with Gasteiger partial charge < -0.3 is 15.4 Å². The van der Waals surface area contributed by atoms with Crippen LogP contribution in [0.3, 0.4) is 0 Å². The van der Waals surface area contributed by atoms with Crippen LogP contribution in [-0.2, 0) is 4.74 Å². The number of alkyl carbamates (subject to hydrolysis) is 1. The fraction of sp³-hybridized carbons (Fsp3) is 0.917. The van der Waals surface area contributed by atoms with Gasteiger partial charge >= 0.3 is 6.09 Å². The van der Waals surface area contributed by atoms with E-state index < -0.39 is 5.60 Å². The van der Waals surface area contributed by atoms with Crippen LogP contribution in [0.25, 0.3) is 0 Å². The Morgan fingerprint density at radius 1 is 1.44 bits per heavy atom. The fourth-order valence-corrected chi connectivity index (χ4v) is 1.43. The van der Waals surface area contributed by atoms with Crippen molar-refractivity contribution in [1.29, 1.82) is 0 Å². The van der Waals surface area contributed by atoms with Crippen LogP contribution in [0.5, 0.6) is 0 Å². The van der Waals surface area contributed by atoms with E-state index in [0.717, 1.165) is 19.5 Å². The molecular formula is C12H26N2O2. The summed E-state index contributed by atoms with van der Waals surface area (Å²) in [6, 6.07) is 0. The molecule has 0 aliphatic carbocycles. The van der Waals surface area contributed by atoms with Gasteiger partial charge in [-0.1, -0.05) is 13.8 Å². The lowest BCUT2D eigenvalue weighted by atomic mass is 10.1. The SMILES string of the molecule is CC.CC(C)(C)OC(=O)NCC1CCNC1. The number of nitrogens with one attached hydrogen (secondary N) is 2. The molecule has 0 saturated carbocycles. The van der Waals surface area contributed by atoms with E-state index in [2.05, 4.69) is 10.6 Å². The van der Waals surface area contributed by atoms with Crippen molar-refractivity contribution in [3.05, 3.63) is 0 Å². The largest absolute Gasteiger partial charge is 0.444 e. The van der Waals surface area contributed by atoms with Gasteiger partial charge in [0, 0.05) is 6.54 Å². The zero-order chi connectivity index (χ0) is 12.6. The third-order valence-electron chi connectivity index (χ3n) is 2.10. The van der Waals surface area contributed by atoms with Crippen LogP contribution in [-0.4, -0.2) is 31.3 Å². The summed E-state index contributed by atoms with van der Waals surface area (Å²) in [5, 5.41) is 6.03. The molecule has 1 unspecified atom stereocenters. The monoisotopic (exact) mass is 230 g/mol. The summed E-state index contributed by atoms with van der Waals surface area (Å²) < 4.78 is 5.13. The van der Waals surface area contributed by atoms with Crippen molar-refractivity contribution < 1.29 is 9.53 Å². The maximum absolute atomic E-state index is 11.3. The minimum Gasteiger partial charge on any atom is -0.444 e. The molecule has 2 N–H and O–H groups in total. The normalized spacial score (nSPS) is 19.7. The molecule has 0 radical (unpaired) electrons. The highest BCUT2D eigenvalue weighted by Crippen LogP contribution is 2.08. The standard InChI is InChI=1S/C10H20N2O2.C2H6/c1-10(2,3)14-9(13)12-7-8-4-5-11-6-8;1-2/h8,11H,4-7H2,1-3H3,(H,12,13);1-2H3. The third kappa shape index (κ3) is 7.51. The molecule has 0 aromatic rings. The van der Waals surface area contributed by atoms with Gasteiger partial charge in [-0.2, -0.15) is 0 Å². The van der Waals surface area contributed by atoms with Crippen LogP contribution in [0.1, 0.15) is 41.0 Å². The van der Waals surface area contributed by atoms with Gasteiger partial charge in [-0.05, 0) is 46.2 Å². The van der Waals surface area contributed by atoms with E-state index in [-0.39, 0.29) is 6.09 Å². The lowest BCUT2D eigenvalue weighted by molar-refractivity contribution is 0.0520. The van der Waals surface area contributed by atoms with E-state index in [9.17, 15) is 4.79 Å². The molecule has 0 aromatic heterocycles. The number of amides is 1. The molecule has 0 spiro atoms. The zero-order valence-electron chi connectivity index (χ0n) is 11.2. The Morgan fingerprint density at radius 3 is 2.50 bits per heavy atom. The van der Waals surface area contributed by atoms with Crippen molar-refractivity contribution in [2.24, 2.45) is 5.92 Å². The topological polar surface area (TPSA) is 50.4 Å². The average Bonchev–Trinajstić information content (AvgIpc) is 2.68. The first-order valence-corrected chi connectivity index (χ1v) is 6.15. The summed E-state index contributed by atoms with van der Waals surface area (Å²) in [6.45, 7) is 12.4. The van der Waals surface area contributed by atoms with E-state index in [0.29, 0.717) is 12.5 Å². The van der Waals surface area contributed by atoms with Crippen molar-refractivity contribution in [2.45, 2.75) is 46.6 Å². The van der Waals surface area contributed by atoms with Gasteiger partial charge in [0.05, 0.1) is 0 Å². The Kier molecular flexibility index (Phi) is 7.13. The van der Waals surface area contributed by atoms with Crippen LogP contribution in [0.2, 0.25) is 0 Å². The summed E-state index contributed by atoms with van der Waals surface area (Å²) in [7, 11) is 0. The lowest BCUT2D eigenvalue weighted by Crippen LogP contribution is -2.35. The summed E-state index contributed by atoms with van der Waals surface area (Å²) in [5.41, 5.74) is -0.405. The number of hydrogen-bond donors (Lipinski definition) is 2. The second kappa shape index (κ2) is 7.49. The quantitative estimate of drug-likeness (QED) is 0.764. The van der Waals surface area contributed by atoms with Crippen LogP contribution in [0, 0.1) is 5.92 Å². The highest BCUT2D eigenvalue weighted by Gasteiger charge is 2.18. The first kappa shape index (κ1) is 15.2. The number of hydrogen-bond acceptors (Lipinski definition) is 3. The molecule has 16 heavy (non-hydrogen) atoms. The predicted molar refractivity (Wildman–Crippen MR) is 66.6 cm³/mol. The number of carbonyl (C=O) groups is 1. The molecule has 1 heterocycles. The van der Waals surface area contributed by atoms with E-state index in [1.165, 1.54) is 0 Å². The first-order valence-electron chi connectivity index (χ1n) is 6.15. The average molecular weight is 230 g/mol. The third-order valence-corrected chi connectivity index (χ3v) is 2.10. The first-order chi connectivity index (χ1) is 7.47. The highest BCUT2D eigenvalue weighted by atomic mass is 16.6. The van der Waals surface area contributed by atoms with Crippen molar-refractivity contribution in [2.75, 3.05) is 19.6 Å². The summed E-state index contributed by atoms with van der Waals surface area (Å²) in [5.74, 6) is 0.558. The maximum Gasteiger partial charge on any atom is 0.407 e. The van der Waals surface area contributed by atoms with E-state index in [1.54, 1.807) is 0 Å². The van der Waals surface area contributed by atoms with Crippen molar-refractivity contribution in [3.8, 4) is 0 Å². The Bertz CT molecular complexity index is 194. The Hall–Kier alpha value is -0.770. The van der Waals surface area contributed by atoms with Crippen molar-refractivity contribution >= 4 is 6.09 Å². The predicted octanol–water partition coefficient (Wildman–Crippen LogP) is 2.15. The Morgan fingerprint density at radius 2 is 2.06 bits per heavy atom. The second-order valence-corrected chi connectivity index (χ2v) is 4.74. The number of rotatable bonds is 2. The van der Waals surface area contributed by atoms with E-state index in [4.69, 9.17) is 4.74 Å². The molecule has 4 heteroatoms. The van der Waals surface area contributed by atoms with Crippen LogP contribution in [0.15, 0.2) is 0 Å². The summed E-state index contributed by atoms with van der Waals surface area (Å²) >= 11 is 0. The summed E-state index contributed by atoms with van der Waals surface area (Å²) in [4.78, 5) is 11.3. The van der Waals surface area contributed by atoms with E-state index >= 15 is 0 Å². The molecule has 1 saturated heterocycles. The minimum atomic E-state index is -0.405. The van der Waals surface area contributed by atoms with Gasteiger partial charge in [0.15, 0.2) is 0 Å². The highest BCUT2D eigenvalue weighted by molar-refractivity contribution is 5.67. The fourth-order valence-electron chi connectivity index (χ4n) is 1.43. The van der Waals surface area contributed by atoms with Gasteiger partial charge in [0.25, 0.3) is 0 Å². The Balaban J connectivity index is 0.00000106. The molecule has 1 aliphatic heterocycles. The van der Waals surface area contributed by atoms with Crippen LogP contribution in [0.4, 0.5) is 4.79 Å². The molecule has 0 bridgehead atoms. The van der Waals surface area contributed by atoms with Gasteiger partial charge in [0.2, 0.25) is 0 Å². The van der Waals surface area contributed by atoms with Gasteiger partial charge in [-0.15, -0.1) is 0 Å². The molecule has 1 rings (SSSR count). The zero-order valence-corrected chi connectivity index (χ0v) is 11.2. The molecule has 0 aromatic carbocycles. The van der Waals surface area contributed by atoms with Crippen molar-refractivity contribution in [3.63, 3.8) is 0 Å². The van der Waals surface area contributed by atoms with Gasteiger partial charge in [-0.3, -0.25) is 0 Å². The molecular weight excluding hydrogens is 204 g/mol. The molecule has 1 fully saturated rings. The smallest absolute Gasteiger partial charge is 0.407 e. The van der Waals surface area contributed by atoms with Crippen LogP contribution < -0.4 is 10.6 Å². The molecule has 4 nitrogen and oxygen atoms in total. The van der Waals surface area contributed by atoms with Crippen molar-refractivity contribution in [1.82, 2.24) is 10.6 Å². The second-order valence-electron chi connectivity index (χ2n) is 4.74. The molecule has 1 amide bonds. The maximum atomic E-state index is 11.3.